The molecule has 0 saturated carbocycles. The smallest absolute Gasteiger partial charge is 0.247 e. The molecule has 0 spiro atoms. The SMILES string of the molecule is O=C(Nc1c(Cl)cccc1Cl)C1Cc2ccccc2N1. The van der Waals surface area contributed by atoms with Crippen LogP contribution in [0.4, 0.5) is 11.4 Å². The van der Waals surface area contributed by atoms with Gasteiger partial charge in [-0.1, -0.05) is 47.5 Å². The first-order valence-corrected chi connectivity index (χ1v) is 7.00. The summed E-state index contributed by atoms with van der Waals surface area (Å²) >= 11 is 12.1. The molecular formula is C15H12Cl2N2O. The monoisotopic (exact) mass is 306 g/mol. The molecule has 2 aromatic carbocycles. The lowest BCUT2D eigenvalue weighted by molar-refractivity contribution is -0.116. The second-order valence-corrected chi connectivity index (χ2v) is 5.46. The molecule has 1 heterocycles. The Morgan fingerprint density at radius 3 is 2.50 bits per heavy atom. The number of carbonyl (C=O) groups excluding carboxylic acids is 1. The average Bonchev–Trinajstić information content (AvgIpc) is 2.87. The molecular weight excluding hydrogens is 295 g/mol. The van der Waals surface area contributed by atoms with E-state index in [0.717, 1.165) is 11.3 Å². The largest absolute Gasteiger partial charge is 0.373 e. The van der Waals surface area contributed by atoms with Gasteiger partial charge in [0.1, 0.15) is 6.04 Å². The molecule has 0 aromatic heterocycles. The minimum absolute atomic E-state index is 0.142. The van der Waals surface area contributed by atoms with Crippen LogP contribution in [0, 0.1) is 0 Å². The summed E-state index contributed by atoms with van der Waals surface area (Å²) in [6.07, 6.45) is 0.657. The van der Waals surface area contributed by atoms with Crippen molar-refractivity contribution in [2.75, 3.05) is 10.6 Å². The molecule has 1 aliphatic heterocycles. The Bertz CT molecular complexity index is 627. The summed E-state index contributed by atoms with van der Waals surface area (Å²) in [5.41, 5.74) is 2.59. The van der Waals surface area contributed by atoms with Crippen molar-refractivity contribution in [2.24, 2.45) is 0 Å². The van der Waals surface area contributed by atoms with Gasteiger partial charge in [-0.3, -0.25) is 4.79 Å². The van der Waals surface area contributed by atoms with E-state index in [1.807, 2.05) is 24.3 Å². The summed E-state index contributed by atoms with van der Waals surface area (Å²) < 4.78 is 0. The van der Waals surface area contributed by atoms with Crippen LogP contribution in [0.15, 0.2) is 42.5 Å². The minimum Gasteiger partial charge on any atom is -0.373 e. The first-order chi connectivity index (χ1) is 9.65. The third-order valence-corrected chi connectivity index (χ3v) is 3.93. The number of anilines is 2. The zero-order valence-corrected chi connectivity index (χ0v) is 12.0. The van der Waals surface area contributed by atoms with Crippen LogP contribution in [0.1, 0.15) is 5.56 Å². The molecule has 1 amide bonds. The number of carbonyl (C=O) groups is 1. The highest BCUT2D eigenvalue weighted by Crippen LogP contribution is 2.31. The van der Waals surface area contributed by atoms with Gasteiger partial charge >= 0.3 is 0 Å². The number of benzene rings is 2. The number of halogens is 2. The molecule has 20 heavy (non-hydrogen) atoms. The van der Waals surface area contributed by atoms with Gasteiger partial charge in [-0.2, -0.15) is 0 Å². The van der Waals surface area contributed by atoms with Gasteiger partial charge in [0.2, 0.25) is 5.91 Å². The molecule has 2 N–H and O–H groups in total. The predicted molar refractivity (Wildman–Crippen MR) is 82.6 cm³/mol. The maximum atomic E-state index is 12.3. The van der Waals surface area contributed by atoms with Crippen LogP contribution in [0.2, 0.25) is 10.0 Å². The number of fused-ring (bicyclic) bond motifs is 1. The van der Waals surface area contributed by atoms with E-state index in [-0.39, 0.29) is 11.9 Å². The van der Waals surface area contributed by atoms with Crippen LogP contribution in [0.25, 0.3) is 0 Å². The van der Waals surface area contributed by atoms with Crippen LogP contribution in [0.3, 0.4) is 0 Å². The first kappa shape index (κ1) is 13.3. The van der Waals surface area contributed by atoms with E-state index in [4.69, 9.17) is 23.2 Å². The van der Waals surface area contributed by atoms with Gasteiger partial charge in [0.15, 0.2) is 0 Å². The molecule has 1 unspecified atom stereocenters. The summed E-state index contributed by atoms with van der Waals surface area (Å²) in [6, 6.07) is 12.7. The van der Waals surface area contributed by atoms with Crippen LogP contribution < -0.4 is 10.6 Å². The number of amides is 1. The molecule has 2 aromatic rings. The average molecular weight is 307 g/mol. The van der Waals surface area contributed by atoms with Crippen molar-refractivity contribution in [3.8, 4) is 0 Å². The molecule has 0 saturated heterocycles. The highest BCUT2D eigenvalue weighted by molar-refractivity contribution is 6.39. The Balaban J connectivity index is 1.76. The van der Waals surface area contributed by atoms with Gasteiger partial charge in [-0.15, -0.1) is 0 Å². The fraction of sp³-hybridized carbons (Fsp3) is 0.133. The van der Waals surface area contributed by atoms with Crippen LogP contribution in [-0.2, 0) is 11.2 Å². The molecule has 1 atom stereocenters. The summed E-state index contributed by atoms with van der Waals surface area (Å²) in [4.78, 5) is 12.3. The van der Waals surface area contributed by atoms with Gasteiger partial charge < -0.3 is 10.6 Å². The Kier molecular flexibility index (Phi) is 3.55. The maximum Gasteiger partial charge on any atom is 0.247 e. The number of para-hydroxylation sites is 2. The molecule has 0 bridgehead atoms. The third-order valence-electron chi connectivity index (χ3n) is 3.30. The van der Waals surface area contributed by atoms with Crippen molar-refractivity contribution in [3.63, 3.8) is 0 Å². The Hall–Kier alpha value is -1.71. The fourth-order valence-electron chi connectivity index (χ4n) is 2.28. The Labute approximate surface area is 126 Å². The van der Waals surface area contributed by atoms with E-state index < -0.39 is 0 Å². The van der Waals surface area contributed by atoms with Crippen LogP contribution >= 0.6 is 23.2 Å². The van der Waals surface area contributed by atoms with Gasteiger partial charge in [-0.05, 0) is 23.8 Å². The highest BCUT2D eigenvalue weighted by atomic mass is 35.5. The van der Waals surface area contributed by atoms with E-state index in [1.54, 1.807) is 18.2 Å². The van der Waals surface area contributed by atoms with Crippen molar-refractivity contribution < 1.29 is 4.79 Å². The highest BCUT2D eigenvalue weighted by Gasteiger charge is 2.27. The number of nitrogens with one attached hydrogen (secondary N) is 2. The lowest BCUT2D eigenvalue weighted by Crippen LogP contribution is -2.32. The van der Waals surface area contributed by atoms with Gasteiger partial charge in [0, 0.05) is 12.1 Å². The minimum atomic E-state index is -0.306. The lowest BCUT2D eigenvalue weighted by Gasteiger charge is -2.14. The molecule has 5 heteroatoms. The first-order valence-electron chi connectivity index (χ1n) is 6.24. The van der Waals surface area contributed by atoms with Crippen molar-refractivity contribution in [1.82, 2.24) is 0 Å². The summed E-state index contributed by atoms with van der Waals surface area (Å²) in [7, 11) is 0. The number of hydrogen-bond donors (Lipinski definition) is 2. The van der Waals surface area contributed by atoms with E-state index in [2.05, 4.69) is 10.6 Å². The molecule has 102 valence electrons. The maximum absolute atomic E-state index is 12.3. The van der Waals surface area contributed by atoms with Crippen molar-refractivity contribution in [3.05, 3.63) is 58.1 Å². The number of rotatable bonds is 2. The van der Waals surface area contributed by atoms with Crippen LogP contribution in [0.5, 0.6) is 0 Å². The normalized spacial score (nSPS) is 16.4. The Morgan fingerprint density at radius 2 is 1.80 bits per heavy atom. The summed E-state index contributed by atoms with van der Waals surface area (Å²) in [6.45, 7) is 0. The number of hydrogen-bond acceptors (Lipinski definition) is 2. The molecule has 0 radical (unpaired) electrons. The van der Waals surface area contributed by atoms with Crippen molar-refractivity contribution in [2.45, 2.75) is 12.5 Å². The summed E-state index contributed by atoms with van der Waals surface area (Å²) in [5, 5.41) is 6.85. The van der Waals surface area contributed by atoms with E-state index in [0.29, 0.717) is 22.2 Å². The van der Waals surface area contributed by atoms with Crippen LogP contribution in [-0.4, -0.2) is 11.9 Å². The van der Waals surface area contributed by atoms with Gasteiger partial charge in [0.05, 0.1) is 15.7 Å². The summed E-state index contributed by atoms with van der Waals surface area (Å²) in [5.74, 6) is -0.142. The predicted octanol–water partition coefficient (Wildman–Crippen LogP) is 3.97. The molecule has 3 rings (SSSR count). The zero-order valence-electron chi connectivity index (χ0n) is 10.5. The zero-order chi connectivity index (χ0) is 14.1. The fourth-order valence-corrected chi connectivity index (χ4v) is 2.78. The van der Waals surface area contributed by atoms with Gasteiger partial charge in [0.25, 0.3) is 0 Å². The quantitative estimate of drug-likeness (QED) is 0.881. The molecule has 1 aliphatic rings. The van der Waals surface area contributed by atoms with Crippen molar-refractivity contribution >= 4 is 40.5 Å². The standard InChI is InChI=1S/C15H12Cl2N2O/c16-10-5-3-6-11(17)14(10)19-15(20)13-8-9-4-1-2-7-12(9)18-13/h1-7,13,18H,8H2,(H,19,20). The molecule has 0 aliphatic carbocycles. The second kappa shape index (κ2) is 5.35. The van der Waals surface area contributed by atoms with Gasteiger partial charge in [-0.25, -0.2) is 0 Å². The van der Waals surface area contributed by atoms with E-state index >= 15 is 0 Å². The third kappa shape index (κ3) is 2.47. The molecule has 3 nitrogen and oxygen atoms in total. The second-order valence-electron chi connectivity index (χ2n) is 4.64. The Morgan fingerprint density at radius 1 is 1.10 bits per heavy atom. The topological polar surface area (TPSA) is 41.1 Å². The van der Waals surface area contributed by atoms with E-state index in [1.165, 1.54) is 0 Å². The lowest BCUT2D eigenvalue weighted by atomic mass is 10.1. The van der Waals surface area contributed by atoms with Crippen molar-refractivity contribution in [1.29, 1.82) is 0 Å². The van der Waals surface area contributed by atoms with E-state index in [9.17, 15) is 4.79 Å². The molecule has 0 fully saturated rings.